The smallest absolute Gasteiger partial charge is 0.142 e. The van der Waals surface area contributed by atoms with Gasteiger partial charge in [0.2, 0.25) is 0 Å². The summed E-state index contributed by atoms with van der Waals surface area (Å²) in [6.45, 7) is 4.34. The van der Waals surface area contributed by atoms with Gasteiger partial charge in [0.05, 0.1) is 13.2 Å². The summed E-state index contributed by atoms with van der Waals surface area (Å²) in [6.07, 6.45) is 3.70. The molecule has 5 nitrogen and oxygen atoms in total. The number of hydrazine groups is 1. The van der Waals surface area contributed by atoms with Gasteiger partial charge < -0.3 is 9.64 Å². The van der Waals surface area contributed by atoms with Gasteiger partial charge in [0.15, 0.2) is 0 Å². The second-order valence-corrected chi connectivity index (χ2v) is 4.90. The van der Waals surface area contributed by atoms with Gasteiger partial charge in [-0.2, -0.15) is 0 Å². The third-order valence-corrected chi connectivity index (χ3v) is 4.11. The molecule has 1 aromatic heterocycles. The van der Waals surface area contributed by atoms with Gasteiger partial charge in [-0.05, 0) is 39.1 Å². The van der Waals surface area contributed by atoms with Crippen molar-refractivity contribution in [2.75, 3.05) is 21.2 Å². The quantitative estimate of drug-likeness (QED) is 0.581. The van der Waals surface area contributed by atoms with Crippen LogP contribution < -0.4 is 16.0 Å². The molecule has 0 aliphatic rings. The third kappa shape index (κ3) is 2.88. The molecule has 0 spiro atoms. The van der Waals surface area contributed by atoms with Crippen molar-refractivity contribution in [2.24, 2.45) is 5.84 Å². The number of hydrogen-bond donors (Lipinski definition) is 2. The first kappa shape index (κ1) is 15.9. The van der Waals surface area contributed by atoms with Crippen molar-refractivity contribution >= 4 is 0 Å². The maximum absolute atomic E-state index is 5.83. The average molecular weight is 266 g/mol. The summed E-state index contributed by atoms with van der Waals surface area (Å²) in [5, 5.41) is 0. The first-order chi connectivity index (χ1) is 9.07. The first-order valence-electron chi connectivity index (χ1n) is 6.69. The number of ether oxygens (including phenoxy) is 1. The Hall–Kier alpha value is -1.17. The molecule has 0 saturated heterocycles. The van der Waals surface area contributed by atoms with E-state index in [1.54, 1.807) is 13.3 Å². The van der Waals surface area contributed by atoms with Crippen molar-refractivity contribution in [1.82, 2.24) is 15.3 Å². The number of nitrogens with zero attached hydrogens (tertiary/aromatic N) is 2. The Morgan fingerprint density at radius 3 is 2.47 bits per heavy atom. The lowest BCUT2D eigenvalue weighted by atomic mass is 9.81. The fourth-order valence-corrected chi connectivity index (χ4v) is 2.83. The highest BCUT2D eigenvalue weighted by Crippen LogP contribution is 2.37. The van der Waals surface area contributed by atoms with E-state index in [4.69, 9.17) is 10.6 Å². The van der Waals surface area contributed by atoms with Crippen molar-refractivity contribution in [3.63, 3.8) is 0 Å². The van der Waals surface area contributed by atoms with Crippen LogP contribution in [0.3, 0.4) is 0 Å². The van der Waals surface area contributed by atoms with Crippen LogP contribution in [-0.4, -0.2) is 36.6 Å². The van der Waals surface area contributed by atoms with Crippen LogP contribution in [0.15, 0.2) is 18.3 Å². The van der Waals surface area contributed by atoms with E-state index in [0.717, 1.165) is 24.3 Å². The van der Waals surface area contributed by atoms with E-state index in [1.807, 2.05) is 12.1 Å². The molecular weight excluding hydrogens is 240 g/mol. The Morgan fingerprint density at radius 2 is 2.05 bits per heavy atom. The molecule has 0 radical (unpaired) electrons. The maximum Gasteiger partial charge on any atom is 0.142 e. The number of nitrogens with one attached hydrogen (secondary N) is 1. The Morgan fingerprint density at radius 1 is 1.42 bits per heavy atom. The second kappa shape index (κ2) is 6.84. The predicted molar refractivity (Wildman–Crippen MR) is 77.9 cm³/mol. The summed E-state index contributed by atoms with van der Waals surface area (Å²) in [5.74, 6) is 6.59. The molecule has 1 unspecified atom stereocenters. The van der Waals surface area contributed by atoms with Gasteiger partial charge in [-0.1, -0.05) is 13.8 Å². The zero-order valence-corrected chi connectivity index (χ0v) is 12.6. The SMILES string of the molecule is CCC(CC)(C(NN)c1ncccc1OC)N(C)C. The van der Waals surface area contributed by atoms with E-state index < -0.39 is 0 Å². The predicted octanol–water partition coefficient (Wildman–Crippen LogP) is 1.71. The lowest BCUT2D eigenvalue weighted by Gasteiger charge is -2.44. The first-order valence-corrected chi connectivity index (χ1v) is 6.69. The molecule has 1 rings (SSSR count). The molecule has 108 valence electrons. The highest BCUT2D eigenvalue weighted by atomic mass is 16.5. The van der Waals surface area contributed by atoms with E-state index in [1.165, 1.54) is 0 Å². The summed E-state index contributed by atoms with van der Waals surface area (Å²) in [4.78, 5) is 6.68. The van der Waals surface area contributed by atoms with E-state index in [-0.39, 0.29) is 11.6 Å². The van der Waals surface area contributed by atoms with E-state index in [0.29, 0.717) is 0 Å². The van der Waals surface area contributed by atoms with Gasteiger partial charge in [0, 0.05) is 11.7 Å². The zero-order chi connectivity index (χ0) is 14.5. The summed E-state index contributed by atoms with van der Waals surface area (Å²) >= 11 is 0. The third-order valence-electron chi connectivity index (χ3n) is 4.11. The van der Waals surface area contributed by atoms with Crippen LogP contribution in [-0.2, 0) is 0 Å². The fourth-order valence-electron chi connectivity index (χ4n) is 2.83. The molecule has 0 saturated carbocycles. The number of nitrogens with two attached hydrogens (primary N) is 1. The number of aromatic nitrogens is 1. The molecular formula is C14H26N4O. The van der Waals surface area contributed by atoms with Crippen LogP contribution >= 0.6 is 0 Å². The molecule has 3 N–H and O–H groups in total. The number of rotatable bonds is 7. The molecule has 0 fully saturated rings. The van der Waals surface area contributed by atoms with Crippen molar-refractivity contribution in [1.29, 1.82) is 0 Å². The molecule has 0 aliphatic carbocycles. The number of likely N-dealkylation sites (N-methyl/N-ethyl adjacent to an activating group) is 1. The Labute approximate surface area is 116 Å². The van der Waals surface area contributed by atoms with Crippen molar-refractivity contribution in [3.8, 4) is 5.75 Å². The van der Waals surface area contributed by atoms with Crippen LogP contribution in [0, 0.1) is 0 Å². The topological polar surface area (TPSA) is 63.4 Å². The second-order valence-electron chi connectivity index (χ2n) is 4.90. The minimum Gasteiger partial charge on any atom is -0.495 e. The van der Waals surface area contributed by atoms with E-state index in [2.05, 4.69) is 43.3 Å². The van der Waals surface area contributed by atoms with Crippen LogP contribution in [0.5, 0.6) is 5.75 Å². The van der Waals surface area contributed by atoms with E-state index in [9.17, 15) is 0 Å². The molecule has 19 heavy (non-hydrogen) atoms. The van der Waals surface area contributed by atoms with Gasteiger partial charge in [-0.3, -0.25) is 10.8 Å². The summed E-state index contributed by atoms with van der Waals surface area (Å²) in [6, 6.07) is 3.69. The number of pyridine rings is 1. The van der Waals surface area contributed by atoms with Crippen LogP contribution in [0.2, 0.25) is 0 Å². The lowest BCUT2D eigenvalue weighted by molar-refractivity contribution is 0.0849. The molecule has 0 bridgehead atoms. The monoisotopic (exact) mass is 266 g/mol. The normalized spacial score (nSPS) is 13.6. The van der Waals surface area contributed by atoms with Crippen LogP contribution in [0.4, 0.5) is 0 Å². The van der Waals surface area contributed by atoms with Gasteiger partial charge in [0.25, 0.3) is 0 Å². The molecule has 0 aromatic carbocycles. The van der Waals surface area contributed by atoms with Crippen molar-refractivity contribution in [3.05, 3.63) is 24.0 Å². The number of methoxy groups -OCH3 is 1. The highest BCUT2D eigenvalue weighted by Gasteiger charge is 2.40. The summed E-state index contributed by atoms with van der Waals surface area (Å²) in [7, 11) is 5.81. The van der Waals surface area contributed by atoms with Crippen molar-refractivity contribution < 1.29 is 4.74 Å². The van der Waals surface area contributed by atoms with Crippen molar-refractivity contribution in [2.45, 2.75) is 38.3 Å². The average Bonchev–Trinajstić information content (AvgIpc) is 2.44. The summed E-state index contributed by atoms with van der Waals surface area (Å²) in [5.41, 5.74) is 3.68. The largest absolute Gasteiger partial charge is 0.495 e. The Kier molecular flexibility index (Phi) is 5.72. The standard InChI is InChI=1S/C14H26N4O/c1-6-14(7-2,18(3)4)13(17-15)12-11(19-5)9-8-10-16-12/h8-10,13,17H,6-7,15H2,1-5H3. The maximum atomic E-state index is 5.83. The molecule has 1 atom stereocenters. The van der Waals surface area contributed by atoms with Crippen LogP contribution in [0.25, 0.3) is 0 Å². The van der Waals surface area contributed by atoms with Gasteiger partial charge in [0.1, 0.15) is 11.4 Å². The molecule has 1 heterocycles. The highest BCUT2D eigenvalue weighted by molar-refractivity contribution is 5.32. The van der Waals surface area contributed by atoms with Crippen LogP contribution in [0.1, 0.15) is 38.4 Å². The molecule has 1 aromatic rings. The van der Waals surface area contributed by atoms with E-state index >= 15 is 0 Å². The lowest BCUT2D eigenvalue weighted by Crippen LogP contribution is -2.55. The Balaban J connectivity index is 3.31. The minimum absolute atomic E-state index is 0.0892. The summed E-state index contributed by atoms with van der Waals surface area (Å²) < 4.78 is 5.42. The molecule has 0 aliphatic heterocycles. The van der Waals surface area contributed by atoms with Gasteiger partial charge in [-0.25, -0.2) is 5.43 Å². The Bertz CT molecular complexity index is 391. The van der Waals surface area contributed by atoms with Gasteiger partial charge >= 0.3 is 0 Å². The van der Waals surface area contributed by atoms with Gasteiger partial charge in [-0.15, -0.1) is 0 Å². The fraction of sp³-hybridized carbons (Fsp3) is 0.643. The molecule has 0 amide bonds. The minimum atomic E-state index is -0.101. The zero-order valence-electron chi connectivity index (χ0n) is 12.6. The molecule has 5 heteroatoms. The number of hydrogen-bond acceptors (Lipinski definition) is 5.